The number of hydrogen-bond donors (Lipinski definition) is 1. The maximum atomic E-state index is 13.4. The monoisotopic (exact) mass is 269 g/mol. The second-order valence-corrected chi connectivity index (χ2v) is 5.61. The van der Waals surface area contributed by atoms with E-state index in [1.165, 1.54) is 19.3 Å². The van der Waals surface area contributed by atoms with E-state index in [9.17, 15) is 4.39 Å². The molecule has 1 aromatic rings. The average molecular weight is 270 g/mol. The van der Waals surface area contributed by atoms with Gasteiger partial charge in [-0.1, -0.05) is 31.0 Å². The summed E-state index contributed by atoms with van der Waals surface area (Å²) in [5.41, 5.74) is 1.04. The van der Waals surface area contributed by atoms with Gasteiger partial charge in [0.15, 0.2) is 0 Å². The van der Waals surface area contributed by atoms with E-state index in [1.54, 1.807) is 12.1 Å². The van der Waals surface area contributed by atoms with Crippen molar-refractivity contribution >= 4 is 11.6 Å². The van der Waals surface area contributed by atoms with Crippen LogP contribution in [-0.2, 0) is 6.42 Å². The van der Waals surface area contributed by atoms with E-state index in [4.69, 9.17) is 11.6 Å². The fraction of sp³-hybridized carbons (Fsp3) is 0.600. The highest BCUT2D eigenvalue weighted by Crippen LogP contribution is 2.31. The van der Waals surface area contributed by atoms with E-state index in [1.807, 2.05) is 6.07 Å². The molecular weight excluding hydrogens is 249 g/mol. The molecule has 1 N–H and O–H groups in total. The zero-order valence-electron chi connectivity index (χ0n) is 10.9. The molecule has 1 atom stereocenters. The predicted molar refractivity (Wildman–Crippen MR) is 74.5 cm³/mol. The highest BCUT2D eigenvalue weighted by atomic mass is 35.5. The van der Waals surface area contributed by atoms with Gasteiger partial charge in [-0.15, -0.1) is 0 Å². The Bertz CT molecular complexity index is 390. The molecule has 1 aliphatic rings. The van der Waals surface area contributed by atoms with Gasteiger partial charge in [0.2, 0.25) is 0 Å². The van der Waals surface area contributed by atoms with Gasteiger partial charge in [-0.2, -0.15) is 0 Å². The topological polar surface area (TPSA) is 12.0 Å². The van der Waals surface area contributed by atoms with Crippen molar-refractivity contribution < 1.29 is 4.39 Å². The molecule has 1 aliphatic carbocycles. The first-order valence-corrected chi connectivity index (χ1v) is 7.25. The summed E-state index contributed by atoms with van der Waals surface area (Å²) in [7, 11) is 0. The molecule has 1 fully saturated rings. The summed E-state index contributed by atoms with van der Waals surface area (Å²) in [5, 5.41) is 3.81. The molecule has 1 nitrogen and oxygen atoms in total. The van der Waals surface area contributed by atoms with Gasteiger partial charge >= 0.3 is 0 Å². The van der Waals surface area contributed by atoms with E-state index >= 15 is 0 Å². The van der Waals surface area contributed by atoms with Crippen LogP contribution in [0.5, 0.6) is 0 Å². The predicted octanol–water partition coefficient (Wildman–Crippen LogP) is 4.19. The van der Waals surface area contributed by atoms with Crippen LogP contribution >= 0.6 is 11.6 Å². The number of hydrogen-bond acceptors (Lipinski definition) is 1. The van der Waals surface area contributed by atoms with Crippen LogP contribution < -0.4 is 5.32 Å². The van der Waals surface area contributed by atoms with Crippen molar-refractivity contribution in [1.82, 2.24) is 5.32 Å². The van der Waals surface area contributed by atoms with E-state index in [2.05, 4.69) is 12.2 Å². The molecule has 0 bridgehead atoms. The van der Waals surface area contributed by atoms with Crippen molar-refractivity contribution in [3.63, 3.8) is 0 Å². The number of benzene rings is 1. The second-order valence-electron chi connectivity index (χ2n) is 5.20. The van der Waals surface area contributed by atoms with Crippen molar-refractivity contribution in [2.45, 2.75) is 45.1 Å². The van der Waals surface area contributed by atoms with Gasteiger partial charge in [-0.3, -0.25) is 0 Å². The van der Waals surface area contributed by atoms with Crippen LogP contribution in [-0.4, -0.2) is 12.6 Å². The minimum Gasteiger partial charge on any atom is -0.313 e. The van der Waals surface area contributed by atoms with Crippen molar-refractivity contribution in [2.24, 2.45) is 5.92 Å². The molecule has 3 heteroatoms. The number of halogens is 2. The molecular formula is C15H21ClFN. The Morgan fingerprint density at radius 3 is 2.78 bits per heavy atom. The Morgan fingerprint density at radius 2 is 2.22 bits per heavy atom. The molecule has 0 heterocycles. The molecule has 1 unspecified atom stereocenters. The van der Waals surface area contributed by atoms with E-state index < -0.39 is 0 Å². The average Bonchev–Trinajstić information content (AvgIpc) is 2.28. The Labute approximate surface area is 114 Å². The molecule has 0 radical (unpaired) electrons. The maximum absolute atomic E-state index is 13.4. The SMILES string of the molecule is CCCNC(Cc1ccc(Cl)c(F)c1)C1CCC1. The summed E-state index contributed by atoms with van der Waals surface area (Å²) in [4.78, 5) is 0. The number of rotatable bonds is 6. The quantitative estimate of drug-likeness (QED) is 0.817. The summed E-state index contributed by atoms with van der Waals surface area (Å²) in [6, 6.07) is 5.65. The Hall–Kier alpha value is -0.600. The third-order valence-electron chi connectivity index (χ3n) is 3.82. The van der Waals surface area contributed by atoms with Crippen LogP contribution in [0.4, 0.5) is 4.39 Å². The van der Waals surface area contributed by atoms with Gasteiger partial charge in [0.05, 0.1) is 5.02 Å². The molecule has 0 saturated heterocycles. The van der Waals surface area contributed by atoms with E-state index in [0.717, 1.165) is 30.9 Å². The zero-order valence-corrected chi connectivity index (χ0v) is 11.6. The molecule has 18 heavy (non-hydrogen) atoms. The molecule has 0 aliphatic heterocycles. The molecule has 100 valence electrons. The maximum Gasteiger partial charge on any atom is 0.142 e. The highest BCUT2D eigenvalue weighted by Gasteiger charge is 2.26. The third-order valence-corrected chi connectivity index (χ3v) is 4.12. The lowest BCUT2D eigenvalue weighted by Gasteiger charge is -2.34. The first kappa shape index (κ1) is 13.8. The molecule has 0 spiro atoms. The summed E-state index contributed by atoms with van der Waals surface area (Å²) in [6.07, 6.45) is 5.98. The minimum atomic E-state index is -0.308. The summed E-state index contributed by atoms with van der Waals surface area (Å²) in [6.45, 7) is 3.21. The summed E-state index contributed by atoms with van der Waals surface area (Å²) < 4.78 is 13.4. The van der Waals surface area contributed by atoms with Gasteiger partial charge in [0.25, 0.3) is 0 Å². The second kappa shape index (κ2) is 6.53. The van der Waals surface area contributed by atoms with Gasteiger partial charge in [0, 0.05) is 6.04 Å². The molecule has 2 rings (SSSR count). The van der Waals surface area contributed by atoms with Crippen molar-refractivity contribution in [1.29, 1.82) is 0 Å². The third kappa shape index (κ3) is 3.46. The molecule has 1 aromatic carbocycles. The Kier molecular flexibility index (Phi) is 5.02. The van der Waals surface area contributed by atoms with Crippen LogP contribution in [0.15, 0.2) is 18.2 Å². The molecule has 0 aromatic heterocycles. The van der Waals surface area contributed by atoms with Crippen LogP contribution in [0.2, 0.25) is 5.02 Å². The smallest absolute Gasteiger partial charge is 0.142 e. The molecule has 1 saturated carbocycles. The largest absolute Gasteiger partial charge is 0.313 e. The van der Waals surface area contributed by atoms with Crippen LogP contribution in [0.3, 0.4) is 0 Å². The highest BCUT2D eigenvalue weighted by molar-refractivity contribution is 6.30. The van der Waals surface area contributed by atoms with Crippen molar-refractivity contribution in [2.75, 3.05) is 6.54 Å². The van der Waals surface area contributed by atoms with Crippen LogP contribution in [0, 0.1) is 11.7 Å². The summed E-state index contributed by atoms with van der Waals surface area (Å²) >= 11 is 5.71. The fourth-order valence-corrected chi connectivity index (χ4v) is 2.62. The lowest BCUT2D eigenvalue weighted by Crippen LogP contribution is -2.41. The Balaban J connectivity index is 1.99. The van der Waals surface area contributed by atoms with E-state index in [0.29, 0.717) is 6.04 Å². The van der Waals surface area contributed by atoms with Crippen LogP contribution in [0.25, 0.3) is 0 Å². The normalized spacial score (nSPS) is 17.5. The van der Waals surface area contributed by atoms with Crippen molar-refractivity contribution in [3.8, 4) is 0 Å². The van der Waals surface area contributed by atoms with Gasteiger partial charge < -0.3 is 5.32 Å². The lowest BCUT2D eigenvalue weighted by atomic mass is 9.77. The van der Waals surface area contributed by atoms with Gasteiger partial charge in [0.1, 0.15) is 5.82 Å². The lowest BCUT2D eigenvalue weighted by molar-refractivity contribution is 0.227. The minimum absolute atomic E-state index is 0.209. The Morgan fingerprint density at radius 1 is 1.44 bits per heavy atom. The zero-order chi connectivity index (χ0) is 13.0. The van der Waals surface area contributed by atoms with Gasteiger partial charge in [-0.05, 0) is 55.8 Å². The summed E-state index contributed by atoms with van der Waals surface area (Å²) in [5.74, 6) is 0.451. The first-order valence-electron chi connectivity index (χ1n) is 6.88. The van der Waals surface area contributed by atoms with E-state index in [-0.39, 0.29) is 10.8 Å². The standard InChI is InChI=1S/C15H21ClFN/c1-2-8-18-15(12-4-3-5-12)10-11-6-7-13(16)14(17)9-11/h6-7,9,12,15,18H,2-5,8,10H2,1H3. The van der Waals surface area contributed by atoms with Crippen molar-refractivity contribution in [3.05, 3.63) is 34.6 Å². The number of nitrogens with one attached hydrogen (secondary N) is 1. The van der Waals surface area contributed by atoms with Gasteiger partial charge in [-0.25, -0.2) is 4.39 Å². The first-order chi connectivity index (χ1) is 8.70. The fourth-order valence-electron chi connectivity index (χ4n) is 2.50. The van der Waals surface area contributed by atoms with Crippen LogP contribution in [0.1, 0.15) is 38.2 Å². The molecule has 0 amide bonds.